The van der Waals surface area contributed by atoms with E-state index in [1.165, 1.54) is 13.3 Å². The van der Waals surface area contributed by atoms with Crippen molar-refractivity contribution < 1.29 is 17.9 Å². The molecule has 1 aliphatic rings. The maximum Gasteiger partial charge on any atom is 0.310 e. The maximum atomic E-state index is 12.4. The Hall–Kier alpha value is -1.63. The van der Waals surface area contributed by atoms with Crippen LogP contribution in [0.25, 0.3) is 0 Å². The minimum absolute atomic E-state index is 0.308. The molecule has 0 spiro atoms. The van der Waals surface area contributed by atoms with E-state index >= 15 is 0 Å². The van der Waals surface area contributed by atoms with Gasteiger partial charge in [0.15, 0.2) is 0 Å². The first-order valence-electron chi connectivity index (χ1n) is 6.47. The van der Waals surface area contributed by atoms with E-state index in [1.807, 2.05) is 0 Å². The summed E-state index contributed by atoms with van der Waals surface area (Å²) < 4.78 is 32.0. The highest BCUT2D eigenvalue weighted by Gasteiger charge is 2.42. The number of rotatable bonds is 4. The zero-order valence-electron chi connectivity index (χ0n) is 11.5. The van der Waals surface area contributed by atoms with Gasteiger partial charge in [-0.15, -0.1) is 0 Å². The SMILES string of the molecule is COC(=O)C1CCCC1S(=O)(=O)Nc1ncccc1C. The summed E-state index contributed by atoms with van der Waals surface area (Å²) in [4.78, 5) is 15.7. The standard InChI is InChI=1S/C13H18N2O4S/c1-9-5-4-8-14-12(9)15-20(17,18)11-7-3-6-10(11)13(16)19-2/h4-5,8,10-11H,3,6-7H2,1-2H3,(H,14,15). The summed E-state index contributed by atoms with van der Waals surface area (Å²) in [6, 6.07) is 3.51. The second kappa shape index (κ2) is 5.78. The number of pyridine rings is 1. The molecule has 1 aromatic heterocycles. The van der Waals surface area contributed by atoms with Crippen LogP contribution in [-0.4, -0.2) is 31.7 Å². The molecule has 2 atom stereocenters. The number of hydrogen-bond acceptors (Lipinski definition) is 5. The predicted octanol–water partition coefficient (Wildman–Crippen LogP) is 1.47. The maximum absolute atomic E-state index is 12.4. The molecule has 6 nitrogen and oxygen atoms in total. The van der Waals surface area contributed by atoms with Gasteiger partial charge in [-0.05, 0) is 31.4 Å². The second-order valence-electron chi connectivity index (χ2n) is 4.91. The molecule has 0 aromatic carbocycles. The first-order valence-corrected chi connectivity index (χ1v) is 8.01. The summed E-state index contributed by atoms with van der Waals surface area (Å²) in [5, 5.41) is -0.753. The van der Waals surface area contributed by atoms with Crippen molar-refractivity contribution in [3.8, 4) is 0 Å². The van der Waals surface area contributed by atoms with Gasteiger partial charge >= 0.3 is 5.97 Å². The van der Waals surface area contributed by atoms with E-state index < -0.39 is 27.2 Å². The van der Waals surface area contributed by atoms with Crippen LogP contribution in [0.3, 0.4) is 0 Å². The Balaban J connectivity index is 2.22. The Morgan fingerprint density at radius 1 is 1.45 bits per heavy atom. The molecule has 2 rings (SSSR count). The van der Waals surface area contributed by atoms with Crippen molar-refractivity contribution in [2.45, 2.75) is 31.4 Å². The van der Waals surface area contributed by atoms with Gasteiger partial charge in [0.25, 0.3) is 0 Å². The van der Waals surface area contributed by atoms with E-state index in [1.54, 1.807) is 19.1 Å². The van der Waals surface area contributed by atoms with Gasteiger partial charge < -0.3 is 4.74 Å². The third kappa shape index (κ3) is 2.92. The summed E-state index contributed by atoms with van der Waals surface area (Å²) in [6.07, 6.45) is 3.23. The van der Waals surface area contributed by atoms with Gasteiger partial charge in [0, 0.05) is 6.20 Å². The van der Waals surface area contributed by atoms with Crippen molar-refractivity contribution >= 4 is 21.8 Å². The number of aromatic nitrogens is 1. The van der Waals surface area contributed by atoms with Gasteiger partial charge in [0.05, 0.1) is 18.3 Å². The average molecular weight is 298 g/mol. The zero-order valence-corrected chi connectivity index (χ0v) is 12.3. The number of nitrogens with zero attached hydrogens (tertiary/aromatic N) is 1. The van der Waals surface area contributed by atoms with E-state index in [0.29, 0.717) is 25.1 Å². The lowest BCUT2D eigenvalue weighted by molar-refractivity contribution is -0.145. The van der Waals surface area contributed by atoms with Gasteiger partial charge in [-0.2, -0.15) is 0 Å². The molecule has 0 aliphatic heterocycles. The Kier molecular flexibility index (Phi) is 4.27. The molecule has 1 heterocycles. The molecule has 7 heteroatoms. The highest BCUT2D eigenvalue weighted by Crippen LogP contribution is 2.33. The molecule has 1 aliphatic carbocycles. The van der Waals surface area contributed by atoms with E-state index in [4.69, 9.17) is 0 Å². The van der Waals surface area contributed by atoms with Crippen LogP contribution >= 0.6 is 0 Å². The molecule has 0 amide bonds. The molecule has 1 aromatic rings. The predicted molar refractivity (Wildman–Crippen MR) is 74.7 cm³/mol. The fourth-order valence-electron chi connectivity index (χ4n) is 2.52. The molecule has 0 bridgehead atoms. The van der Waals surface area contributed by atoms with E-state index in [0.717, 1.165) is 5.56 Å². The minimum Gasteiger partial charge on any atom is -0.469 e. The van der Waals surface area contributed by atoms with Crippen molar-refractivity contribution in [2.75, 3.05) is 11.8 Å². The van der Waals surface area contributed by atoms with Gasteiger partial charge in [-0.25, -0.2) is 13.4 Å². The number of aryl methyl sites for hydroxylation is 1. The van der Waals surface area contributed by atoms with E-state index in [9.17, 15) is 13.2 Å². The second-order valence-corrected chi connectivity index (χ2v) is 6.81. The zero-order chi connectivity index (χ0) is 14.8. The van der Waals surface area contributed by atoms with Crippen LogP contribution in [0, 0.1) is 12.8 Å². The number of esters is 1. The molecule has 0 radical (unpaired) electrons. The number of methoxy groups -OCH3 is 1. The molecule has 1 N–H and O–H groups in total. The molecule has 1 fully saturated rings. The fourth-order valence-corrected chi connectivity index (χ4v) is 4.31. The summed E-state index contributed by atoms with van der Waals surface area (Å²) in [6.45, 7) is 1.78. The number of anilines is 1. The Bertz CT molecular complexity index is 600. The molecular formula is C13H18N2O4S. The number of carbonyl (C=O) groups excluding carboxylic acids is 1. The van der Waals surface area contributed by atoms with Crippen LogP contribution in [0.4, 0.5) is 5.82 Å². The van der Waals surface area contributed by atoms with Crippen LogP contribution in [0.2, 0.25) is 0 Å². The van der Waals surface area contributed by atoms with Gasteiger partial charge in [-0.3, -0.25) is 9.52 Å². The number of nitrogens with one attached hydrogen (secondary N) is 1. The monoisotopic (exact) mass is 298 g/mol. The topological polar surface area (TPSA) is 85.4 Å². The van der Waals surface area contributed by atoms with Crippen LogP contribution in [0.1, 0.15) is 24.8 Å². The largest absolute Gasteiger partial charge is 0.469 e. The lowest BCUT2D eigenvalue weighted by Crippen LogP contribution is -2.35. The summed E-state index contributed by atoms with van der Waals surface area (Å²) in [7, 11) is -2.37. The lowest BCUT2D eigenvalue weighted by atomic mass is 10.1. The quantitative estimate of drug-likeness (QED) is 0.851. The van der Waals surface area contributed by atoms with E-state index in [-0.39, 0.29) is 0 Å². The van der Waals surface area contributed by atoms with Crippen LogP contribution in [0.15, 0.2) is 18.3 Å². The van der Waals surface area contributed by atoms with Crippen molar-refractivity contribution in [1.29, 1.82) is 0 Å². The van der Waals surface area contributed by atoms with Gasteiger partial charge in [-0.1, -0.05) is 12.5 Å². The first kappa shape index (κ1) is 14.8. The summed E-state index contributed by atoms with van der Waals surface area (Å²) >= 11 is 0. The number of carbonyl (C=O) groups is 1. The molecule has 0 saturated heterocycles. The van der Waals surface area contributed by atoms with Gasteiger partial charge in [0.2, 0.25) is 10.0 Å². The third-order valence-corrected chi connectivity index (χ3v) is 5.44. The molecule has 1 saturated carbocycles. The highest BCUT2D eigenvalue weighted by atomic mass is 32.2. The Morgan fingerprint density at radius 2 is 2.20 bits per heavy atom. The highest BCUT2D eigenvalue weighted by molar-refractivity contribution is 7.93. The van der Waals surface area contributed by atoms with Crippen molar-refractivity contribution in [3.05, 3.63) is 23.9 Å². The van der Waals surface area contributed by atoms with Gasteiger partial charge in [0.1, 0.15) is 5.82 Å². The Morgan fingerprint density at radius 3 is 2.85 bits per heavy atom. The van der Waals surface area contributed by atoms with E-state index in [2.05, 4.69) is 14.4 Å². The number of ether oxygens (including phenoxy) is 1. The lowest BCUT2D eigenvalue weighted by Gasteiger charge is -2.19. The van der Waals surface area contributed by atoms with Crippen molar-refractivity contribution in [3.63, 3.8) is 0 Å². The first-order chi connectivity index (χ1) is 9.45. The fraction of sp³-hybridized carbons (Fsp3) is 0.538. The average Bonchev–Trinajstić information content (AvgIpc) is 2.90. The van der Waals surface area contributed by atoms with Crippen LogP contribution in [0.5, 0.6) is 0 Å². The molecule has 20 heavy (non-hydrogen) atoms. The smallest absolute Gasteiger partial charge is 0.310 e. The molecular weight excluding hydrogens is 280 g/mol. The van der Waals surface area contributed by atoms with Crippen molar-refractivity contribution in [2.24, 2.45) is 5.92 Å². The van der Waals surface area contributed by atoms with Crippen LogP contribution < -0.4 is 4.72 Å². The van der Waals surface area contributed by atoms with Crippen LogP contribution in [-0.2, 0) is 19.6 Å². The normalized spacial score (nSPS) is 22.5. The number of hydrogen-bond donors (Lipinski definition) is 1. The Labute approximate surface area is 118 Å². The summed E-state index contributed by atoms with van der Waals surface area (Å²) in [5.74, 6) is -0.750. The molecule has 2 unspecified atom stereocenters. The van der Waals surface area contributed by atoms with Crippen molar-refractivity contribution in [1.82, 2.24) is 4.98 Å². The molecule has 110 valence electrons. The third-order valence-electron chi connectivity index (χ3n) is 3.60. The summed E-state index contributed by atoms with van der Waals surface area (Å²) in [5.41, 5.74) is 0.740. The number of sulfonamides is 1. The minimum atomic E-state index is -3.65.